The standard InChI is InChI=1S/C17H26FNO2/c1-5-6-7-15(13-8-10-14(18)11-9-13)19-12-16(20)21-17(2,3)4/h8-11,15,19H,5-7,12H2,1-4H3. The SMILES string of the molecule is CCCCC(NCC(=O)OC(C)(C)C)c1ccc(F)cc1. The molecule has 0 saturated heterocycles. The number of carbonyl (C=O) groups excluding carboxylic acids is 1. The fourth-order valence-electron chi connectivity index (χ4n) is 2.07. The molecule has 21 heavy (non-hydrogen) atoms. The van der Waals surface area contributed by atoms with Crippen molar-refractivity contribution in [3.8, 4) is 0 Å². The van der Waals surface area contributed by atoms with Crippen LogP contribution in [-0.2, 0) is 9.53 Å². The summed E-state index contributed by atoms with van der Waals surface area (Å²) < 4.78 is 18.3. The molecule has 0 bridgehead atoms. The van der Waals surface area contributed by atoms with Crippen LogP contribution < -0.4 is 5.32 Å². The van der Waals surface area contributed by atoms with Crippen molar-refractivity contribution in [3.63, 3.8) is 0 Å². The predicted octanol–water partition coefficient (Wildman–Crippen LogP) is 3.99. The summed E-state index contributed by atoms with van der Waals surface area (Å²) in [5.74, 6) is -0.522. The van der Waals surface area contributed by atoms with E-state index in [1.54, 1.807) is 12.1 Å². The lowest BCUT2D eigenvalue weighted by Crippen LogP contribution is -2.33. The Morgan fingerprint density at radius 3 is 2.43 bits per heavy atom. The quantitative estimate of drug-likeness (QED) is 0.773. The van der Waals surface area contributed by atoms with Crippen LogP contribution in [0.3, 0.4) is 0 Å². The molecule has 1 unspecified atom stereocenters. The second-order valence-corrected chi connectivity index (χ2v) is 6.21. The number of benzene rings is 1. The Labute approximate surface area is 126 Å². The Balaban J connectivity index is 2.62. The van der Waals surface area contributed by atoms with Crippen LogP contribution in [0.1, 0.15) is 58.6 Å². The zero-order valence-electron chi connectivity index (χ0n) is 13.4. The molecule has 0 fully saturated rings. The Bertz CT molecular complexity index is 437. The van der Waals surface area contributed by atoms with E-state index in [2.05, 4.69) is 12.2 Å². The minimum Gasteiger partial charge on any atom is -0.459 e. The molecule has 0 spiro atoms. The summed E-state index contributed by atoms with van der Waals surface area (Å²) in [6.07, 6.45) is 3.03. The minimum atomic E-state index is -0.479. The number of hydrogen-bond acceptors (Lipinski definition) is 3. The summed E-state index contributed by atoms with van der Waals surface area (Å²) in [5.41, 5.74) is 0.515. The summed E-state index contributed by atoms with van der Waals surface area (Å²) in [6, 6.07) is 6.46. The van der Waals surface area contributed by atoms with Crippen LogP contribution in [0.2, 0.25) is 0 Å². The number of unbranched alkanes of at least 4 members (excludes halogenated alkanes) is 1. The Morgan fingerprint density at radius 1 is 1.29 bits per heavy atom. The van der Waals surface area contributed by atoms with Crippen LogP contribution in [0.5, 0.6) is 0 Å². The van der Waals surface area contributed by atoms with Gasteiger partial charge in [0.1, 0.15) is 11.4 Å². The number of carbonyl (C=O) groups is 1. The van der Waals surface area contributed by atoms with Gasteiger partial charge in [-0.1, -0.05) is 31.9 Å². The molecule has 0 saturated carbocycles. The fourth-order valence-corrected chi connectivity index (χ4v) is 2.07. The normalized spacial score (nSPS) is 13.0. The van der Waals surface area contributed by atoms with E-state index in [1.807, 2.05) is 20.8 Å². The van der Waals surface area contributed by atoms with E-state index in [1.165, 1.54) is 12.1 Å². The Morgan fingerprint density at radius 2 is 1.90 bits per heavy atom. The maximum absolute atomic E-state index is 13.0. The van der Waals surface area contributed by atoms with Crippen molar-refractivity contribution >= 4 is 5.97 Å². The molecule has 0 aliphatic rings. The van der Waals surface area contributed by atoms with Gasteiger partial charge in [0.25, 0.3) is 0 Å². The third-order valence-electron chi connectivity index (χ3n) is 3.03. The monoisotopic (exact) mass is 295 g/mol. The number of halogens is 1. The highest BCUT2D eigenvalue weighted by molar-refractivity contribution is 5.72. The van der Waals surface area contributed by atoms with Crippen molar-refractivity contribution in [2.45, 2.75) is 58.6 Å². The zero-order chi connectivity index (χ0) is 15.9. The third-order valence-corrected chi connectivity index (χ3v) is 3.03. The molecule has 1 N–H and O–H groups in total. The van der Waals surface area contributed by atoms with Gasteiger partial charge in [0, 0.05) is 6.04 Å². The molecule has 0 aromatic heterocycles. The van der Waals surface area contributed by atoms with Gasteiger partial charge in [-0.15, -0.1) is 0 Å². The summed E-state index contributed by atoms with van der Waals surface area (Å²) in [7, 11) is 0. The molecule has 118 valence electrons. The number of nitrogens with one attached hydrogen (secondary N) is 1. The number of ether oxygens (including phenoxy) is 1. The molecule has 1 rings (SSSR count). The first kappa shape index (κ1) is 17.6. The minimum absolute atomic E-state index is 0.0399. The van der Waals surface area contributed by atoms with E-state index < -0.39 is 5.60 Å². The average Bonchev–Trinajstić information content (AvgIpc) is 2.38. The molecule has 1 aromatic rings. The van der Waals surface area contributed by atoms with Gasteiger partial charge < -0.3 is 10.1 Å². The third kappa shape index (κ3) is 7.23. The fraction of sp³-hybridized carbons (Fsp3) is 0.588. The van der Waals surface area contributed by atoms with E-state index in [0.29, 0.717) is 0 Å². The van der Waals surface area contributed by atoms with E-state index in [0.717, 1.165) is 24.8 Å². The van der Waals surface area contributed by atoms with Crippen molar-refractivity contribution in [1.82, 2.24) is 5.32 Å². The lowest BCUT2D eigenvalue weighted by Gasteiger charge is -2.22. The van der Waals surface area contributed by atoms with Crippen LogP contribution in [-0.4, -0.2) is 18.1 Å². The topological polar surface area (TPSA) is 38.3 Å². The molecular formula is C17H26FNO2. The van der Waals surface area contributed by atoms with E-state index >= 15 is 0 Å². The summed E-state index contributed by atoms with van der Waals surface area (Å²) in [6.45, 7) is 7.82. The van der Waals surface area contributed by atoms with E-state index in [9.17, 15) is 9.18 Å². The van der Waals surface area contributed by atoms with Crippen molar-refractivity contribution in [2.24, 2.45) is 0 Å². The second-order valence-electron chi connectivity index (χ2n) is 6.21. The summed E-state index contributed by atoms with van der Waals surface area (Å²) >= 11 is 0. The average molecular weight is 295 g/mol. The Kier molecular flexibility index (Phi) is 6.82. The van der Waals surface area contributed by atoms with Crippen LogP contribution >= 0.6 is 0 Å². The molecular weight excluding hydrogens is 269 g/mol. The maximum atomic E-state index is 13.0. The molecule has 0 heterocycles. The smallest absolute Gasteiger partial charge is 0.320 e. The van der Waals surface area contributed by atoms with E-state index in [-0.39, 0.29) is 24.4 Å². The highest BCUT2D eigenvalue weighted by Crippen LogP contribution is 2.20. The van der Waals surface area contributed by atoms with Crippen molar-refractivity contribution in [1.29, 1.82) is 0 Å². The van der Waals surface area contributed by atoms with Gasteiger partial charge in [0.15, 0.2) is 0 Å². The number of hydrogen-bond donors (Lipinski definition) is 1. The van der Waals surface area contributed by atoms with Gasteiger partial charge >= 0.3 is 5.97 Å². The molecule has 0 aliphatic carbocycles. The lowest BCUT2D eigenvalue weighted by molar-refractivity contribution is -0.153. The molecule has 0 amide bonds. The lowest BCUT2D eigenvalue weighted by atomic mass is 10.0. The van der Waals surface area contributed by atoms with Gasteiger partial charge in [-0.25, -0.2) is 4.39 Å². The number of esters is 1. The highest BCUT2D eigenvalue weighted by atomic mass is 19.1. The van der Waals surface area contributed by atoms with Gasteiger partial charge in [-0.2, -0.15) is 0 Å². The molecule has 0 aliphatic heterocycles. The zero-order valence-corrected chi connectivity index (χ0v) is 13.4. The van der Waals surface area contributed by atoms with Gasteiger partial charge in [-0.05, 0) is 44.9 Å². The molecule has 4 heteroatoms. The molecule has 1 atom stereocenters. The first-order valence-electron chi connectivity index (χ1n) is 7.52. The predicted molar refractivity (Wildman–Crippen MR) is 82.5 cm³/mol. The maximum Gasteiger partial charge on any atom is 0.320 e. The first-order valence-corrected chi connectivity index (χ1v) is 7.52. The number of rotatable bonds is 7. The second kappa shape index (κ2) is 8.13. The van der Waals surface area contributed by atoms with Gasteiger partial charge in [-0.3, -0.25) is 4.79 Å². The van der Waals surface area contributed by atoms with Gasteiger partial charge in [0.05, 0.1) is 6.54 Å². The first-order chi connectivity index (χ1) is 9.81. The molecule has 0 radical (unpaired) electrons. The Hall–Kier alpha value is -1.42. The van der Waals surface area contributed by atoms with Crippen molar-refractivity contribution in [3.05, 3.63) is 35.6 Å². The molecule has 1 aromatic carbocycles. The molecule has 3 nitrogen and oxygen atoms in total. The highest BCUT2D eigenvalue weighted by Gasteiger charge is 2.18. The summed E-state index contributed by atoms with van der Waals surface area (Å²) in [4.78, 5) is 11.8. The van der Waals surface area contributed by atoms with Crippen molar-refractivity contribution < 1.29 is 13.9 Å². The van der Waals surface area contributed by atoms with Crippen LogP contribution in [0.4, 0.5) is 4.39 Å². The largest absolute Gasteiger partial charge is 0.459 e. The van der Waals surface area contributed by atoms with Crippen LogP contribution in [0, 0.1) is 5.82 Å². The van der Waals surface area contributed by atoms with Crippen molar-refractivity contribution in [2.75, 3.05) is 6.54 Å². The van der Waals surface area contributed by atoms with E-state index in [4.69, 9.17) is 4.74 Å². The van der Waals surface area contributed by atoms with Crippen LogP contribution in [0.25, 0.3) is 0 Å². The van der Waals surface area contributed by atoms with Gasteiger partial charge in [0.2, 0.25) is 0 Å². The van der Waals surface area contributed by atoms with Crippen LogP contribution in [0.15, 0.2) is 24.3 Å². The summed E-state index contributed by atoms with van der Waals surface area (Å²) in [5, 5.41) is 3.22.